The SMILES string of the molecule is CC(C)CN1C(=O)C2(OCCCO2)c2cc(Br)ccc21. The van der Waals surface area contributed by atoms with Crippen LogP contribution in [0.3, 0.4) is 0 Å². The van der Waals surface area contributed by atoms with E-state index in [0.29, 0.717) is 25.7 Å². The molecule has 0 aromatic heterocycles. The first-order chi connectivity index (χ1) is 9.54. The third-order valence-corrected chi connectivity index (χ3v) is 4.07. The van der Waals surface area contributed by atoms with Gasteiger partial charge in [0.05, 0.1) is 18.9 Å². The number of hydrogen-bond donors (Lipinski definition) is 0. The second kappa shape index (κ2) is 5.13. The molecule has 0 saturated carbocycles. The standard InChI is InChI=1S/C15H18BrNO3/c1-10(2)9-17-13-5-4-11(16)8-12(13)15(14(17)18)19-6-3-7-20-15/h4-5,8,10H,3,6-7,9H2,1-2H3. The van der Waals surface area contributed by atoms with Gasteiger partial charge in [-0.25, -0.2) is 0 Å². The second-order valence-electron chi connectivity index (χ2n) is 5.64. The van der Waals surface area contributed by atoms with E-state index in [-0.39, 0.29) is 5.91 Å². The first-order valence-corrected chi connectivity index (χ1v) is 7.74. The maximum atomic E-state index is 12.8. The van der Waals surface area contributed by atoms with Crippen LogP contribution in [0.2, 0.25) is 0 Å². The molecule has 0 aliphatic carbocycles. The van der Waals surface area contributed by atoms with E-state index in [4.69, 9.17) is 9.47 Å². The van der Waals surface area contributed by atoms with Crippen LogP contribution in [-0.4, -0.2) is 25.7 Å². The summed E-state index contributed by atoms with van der Waals surface area (Å²) in [6, 6.07) is 5.83. The minimum absolute atomic E-state index is 0.0981. The summed E-state index contributed by atoms with van der Waals surface area (Å²) in [5.74, 6) is -0.945. The third-order valence-electron chi connectivity index (χ3n) is 3.58. The number of nitrogens with zero attached hydrogens (tertiary/aromatic N) is 1. The Labute approximate surface area is 127 Å². The van der Waals surface area contributed by atoms with Crippen LogP contribution in [0, 0.1) is 5.92 Å². The molecule has 2 heterocycles. The van der Waals surface area contributed by atoms with Crippen molar-refractivity contribution in [2.75, 3.05) is 24.7 Å². The van der Waals surface area contributed by atoms with E-state index in [0.717, 1.165) is 22.1 Å². The molecule has 2 aliphatic rings. The van der Waals surface area contributed by atoms with Crippen LogP contribution in [-0.2, 0) is 20.1 Å². The highest BCUT2D eigenvalue weighted by Gasteiger charge is 2.54. The van der Waals surface area contributed by atoms with E-state index in [1.54, 1.807) is 4.90 Å². The molecule has 0 atom stereocenters. The summed E-state index contributed by atoms with van der Waals surface area (Å²) in [5.41, 5.74) is 1.71. The number of amides is 1. The highest BCUT2D eigenvalue weighted by Crippen LogP contribution is 2.46. The highest BCUT2D eigenvalue weighted by atomic mass is 79.9. The lowest BCUT2D eigenvalue weighted by molar-refractivity contribution is -0.256. The van der Waals surface area contributed by atoms with Gasteiger partial charge in [0.25, 0.3) is 11.7 Å². The number of rotatable bonds is 2. The molecule has 20 heavy (non-hydrogen) atoms. The van der Waals surface area contributed by atoms with E-state index in [9.17, 15) is 4.79 Å². The van der Waals surface area contributed by atoms with Crippen molar-refractivity contribution >= 4 is 27.5 Å². The maximum absolute atomic E-state index is 12.8. The van der Waals surface area contributed by atoms with Crippen LogP contribution < -0.4 is 4.90 Å². The van der Waals surface area contributed by atoms with Gasteiger partial charge in [-0.1, -0.05) is 29.8 Å². The van der Waals surface area contributed by atoms with Gasteiger partial charge < -0.3 is 14.4 Å². The second-order valence-corrected chi connectivity index (χ2v) is 6.55. The molecule has 1 fully saturated rings. The molecule has 0 radical (unpaired) electrons. The molecule has 0 N–H and O–H groups in total. The van der Waals surface area contributed by atoms with Crippen LogP contribution >= 0.6 is 15.9 Å². The van der Waals surface area contributed by atoms with Gasteiger partial charge >= 0.3 is 0 Å². The zero-order valence-electron chi connectivity index (χ0n) is 11.7. The Morgan fingerprint density at radius 3 is 2.70 bits per heavy atom. The number of hydrogen-bond acceptors (Lipinski definition) is 3. The Morgan fingerprint density at radius 1 is 1.35 bits per heavy atom. The molecule has 0 bridgehead atoms. The van der Waals surface area contributed by atoms with Gasteiger partial charge in [-0.15, -0.1) is 0 Å². The van der Waals surface area contributed by atoms with Crippen molar-refractivity contribution in [3.8, 4) is 0 Å². The van der Waals surface area contributed by atoms with Crippen molar-refractivity contribution in [3.05, 3.63) is 28.2 Å². The molecular weight excluding hydrogens is 322 g/mol. The fraction of sp³-hybridized carbons (Fsp3) is 0.533. The van der Waals surface area contributed by atoms with Crippen LogP contribution in [0.1, 0.15) is 25.8 Å². The van der Waals surface area contributed by atoms with Gasteiger partial charge in [0.1, 0.15) is 0 Å². The fourth-order valence-corrected chi connectivity index (χ4v) is 3.13. The molecule has 1 saturated heterocycles. The smallest absolute Gasteiger partial charge is 0.292 e. The van der Waals surface area contributed by atoms with E-state index in [1.807, 2.05) is 18.2 Å². The Kier molecular flexibility index (Phi) is 3.60. The lowest BCUT2D eigenvalue weighted by atomic mass is 10.1. The lowest BCUT2D eigenvalue weighted by Crippen LogP contribution is -2.47. The first kappa shape index (κ1) is 14.0. The average Bonchev–Trinajstić information content (AvgIpc) is 2.63. The zero-order chi connectivity index (χ0) is 14.3. The first-order valence-electron chi connectivity index (χ1n) is 6.94. The minimum Gasteiger partial charge on any atom is -0.338 e. The van der Waals surface area contributed by atoms with Crippen molar-refractivity contribution in [3.63, 3.8) is 0 Å². The Hall–Kier alpha value is -0.910. The van der Waals surface area contributed by atoms with Crippen LogP contribution in [0.4, 0.5) is 5.69 Å². The number of ether oxygens (including phenoxy) is 2. The monoisotopic (exact) mass is 339 g/mol. The van der Waals surface area contributed by atoms with E-state index >= 15 is 0 Å². The molecule has 1 aromatic carbocycles. The average molecular weight is 340 g/mol. The number of anilines is 1. The molecule has 0 unspecified atom stereocenters. The summed E-state index contributed by atoms with van der Waals surface area (Å²) in [5, 5.41) is 0. The Balaban J connectivity index is 2.09. The highest BCUT2D eigenvalue weighted by molar-refractivity contribution is 9.10. The zero-order valence-corrected chi connectivity index (χ0v) is 13.3. The summed E-state index contributed by atoms with van der Waals surface area (Å²) in [7, 11) is 0. The van der Waals surface area contributed by atoms with Crippen molar-refractivity contribution < 1.29 is 14.3 Å². The van der Waals surface area contributed by atoms with Gasteiger partial charge in [0.2, 0.25) is 0 Å². The molecule has 5 heteroatoms. The largest absolute Gasteiger partial charge is 0.338 e. The summed E-state index contributed by atoms with van der Waals surface area (Å²) in [4.78, 5) is 14.6. The van der Waals surface area contributed by atoms with Gasteiger partial charge in [-0.05, 0) is 30.5 Å². The Bertz CT molecular complexity index is 538. The van der Waals surface area contributed by atoms with Crippen molar-refractivity contribution in [1.82, 2.24) is 0 Å². The van der Waals surface area contributed by atoms with Gasteiger partial charge in [0, 0.05) is 16.6 Å². The number of carbonyl (C=O) groups excluding carboxylic acids is 1. The van der Waals surface area contributed by atoms with Crippen LogP contribution in [0.15, 0.2) is 22.7 Å². The van der Waals surface area contributed by atoms with Gasteiger partial charge in [-0.2, -0.15) is 0 Å². The topological polar surface area (TPSA) is 38.8 Å². The molecule has 108 valence electrons. The minimum atomic E-state index is -1.23. The van der Waals surface area contributed by atoms with Crippen molar-refractivity contribution in [1.29, 1.82) is 0 Å². The molecule has 2 aliphatic heterocycles. The maximum Gasteiger partial charge on any atom is 0.292 e. The predicted octanol–water partition coefficient (Wildman–Crippen LogP) is 3.04. The fourth-order valence-electron chi connectivity index (χ4n) is 2.77. The summed E-state index contributed by atoms with van der Waals surface area (Å²) in [6.07, 6.45) is 0.822. The number of fused-ring (bicyclic) bond motifs is 2. The molecule has 3 rings (SSSR count). The normalized spacial score (nSPS) is 20.8. The summed E-state index contributed by atoms with van der Waals surface area (Å²) in [6.45, 7) is 5.96. The van der Waals surface area contributed by atoms with E-state index in [1.165, 1.54) is 0 Å². The molecule has 1 spiro atoms. The van der Waals surface area contributed by atoms with Crippen LogP contribution in [0.25, 0.3) is 0 Å². The summed E-state index contributed by atoms with van der Waals surface area (Å²) >= 11 is 3.46. The molecular formula is C15H18BrNO3. The Morgan fingerprint density at radius 2 is 2.05 bits per heavy atom. The van der Waals surface area contributed by atoms with Crippen molar-refractivity contribution in [2.24, 2.45) is 5.92 Å². The third kappa shape index (κ3) is 2.08. The van der Waals surface area contributed by atoms with Crippen molar-refractivity contribution in [2.45, 2.75) is 26.1 Å². The predicted molar refractivity (Wildman–Crippen MR) is 79.5 cm³/mol. The van der Waals surface area contributed by atoms with Crippen LogP contribution in [0.5, 0.6) is 0 Å². The number of carbonyl (C=O) groups is 1. The van der Waals surface area contributed by atoms with Gasteiger partial charge in [-0.3, -0.25) is 4.79 Å². The summed E-state index contributed by atoms with van der Waals surface area (Å²) < 4.78 is 12.5. The molecule has 1 amide bonds. The molecule has 4 nitrogen and oxygen atoms in total. The number of halogens is 1. The molecule has 1 aromatic rings. The van der Waals surface area contributed by atoms with E-state index in [2.05, 4.69) is 29.8 Å². The lowest BCUT2D eigenvalue weighted by Gasteiger charge is -2.32. The van der Waals surface area contributed by atoms with E-state index < -0.39 is 5.79 Å². The number of benzene rings is 1. The van der Waals surface area contributed by atoms with Gasteiger partial charge in [0.15, 0.2) is 0 Å². The quantitative estimate of drug-likeness (QED) is 0.831.